The first kappa shape index (κ1) is 21.3. The number of benzene rings is 2. The molecule has 0 radical (unpaired) electrons. The van der Waals surface area contributed by atoms with Crippen LogP contribution in [0, 0.1) is 16.0 Å². The Morgan fingerprint density at radius 2 is 1.93 bits per heavy atom. The molecule has 3 rings (SSSR count). The van der Waals surface area contributed by atoms with Crippen molar-refractivity contribution in [2.75, 3.05) is 24.5 Å². The van der Waals surface area contributed by atoms with E-state index < -0.39 is 10.8 Å². The van der Waals surface area contributed by atoms with Crippen LogP contribution in [0.5, 0.6) is 0 Å². The van der Waals surface area contributed by atoms with Crippen LogP contribution in [-0.2, 0) is 6.42 Å². The highest BCUT2D eigenvalue weighted by Gasteiger charge is 2.23. The molecule has 1 heterocycles. The summed E-state index contributed by atoms with van der Waals surface area (Å²) in [6.07, 6.45) is 2.56. The molecule has 158 valence electrons. The van der Waals surface area contributed by atoms with Gasteiger partial charge in [-0.1, -0.05) is 19.1 Å². The van der Waals surface area contributed by atoms with E-state index >= 15 is 0 Å². The molecule has 0 atom stereocenters. The lowest BCUT2D eigenvalue weighted by atomic mass is 9.98. The van der Waals surface area contributed by atoms with Gasteiger partial charge in [0, 0.05) is 37.3 Å². The number of rotatable bonds is 7. The number of amides is 2. The average molecular weight is 410 g/mol. The van der Waals surface area contributed by atoms with Gasteiger partial charge in [-0.2, -0.15) is 0 Å². The Labute approximate surface area is 175 Å². The number of nitrogens with zero attached hydrogens (tertiary/aromatic N) is 2. The number of nitro groups is 1. The Kier molecular flexibility index (Phi) is 6.66. The van der Waals surface area contributed by atoms with E-state index in [1.54, 1.807) is 24.3 Å². The molecule has 1 aliphatic rings. The van der Waals surface area contributed by atoms with Crippen molar-refractivity contribution in [3.05, 3.63) is 69.3 Å². The Morgan fingerprint density at radius 3 is 2.60 bits per heavy atom. The van der Waals surface area contributed by atoms with Crippen LogP contribution in [0.2, 0.25) is 0 Å². The van der Waals surface area contributed by atoms with Gasteiger partial charge in [0.15, 0.2) is 0 Å². The van der Waals surface area contributed by atoms with E-state index in [-0.39, 0.29) is 11.6 Å². The molecule has 8 nitrogen and oxygen atoms in total. The highest BCUT2D eigenvalue weighted by atomic mass is 16.6. The maximum absolute atomic E-state index is 12.9. The number of nitrogens with one attached hydrogen (secondary N) is 1. The van der Waals surface area contributed by atoms with Gasteiger partial charge in [0.05, 0.1) is 16.2 Å². The fourth-order valence-corrected chi connectivity index (χ4v) is 3.64. The number of anilines is 1. The molecule has 2 amide bonds. The van der Waals surface area contributed by atoms with E-state index in [0.717, 1.165) is 37.2 Å². The van der Waals surface area contributed by atoms with Gasteiger partial charge in [0.25, 0.3) is 11.6 Å². The Morgan fingerprint density at radius 1 is 1.20 bits per heavy atom. The second kappa shape index (κ2) is 9.39. The van der Waals surface area contributed by atoms with Crippen molar-refractivity contribution in [2.45, 2.75) is 26.2 Å². The average Bonchev–Trinajstić information content (AvgIpc) is 2.74. The molecule has 0 unspecified atom stereocenters. The molecule has 1 fully saturated rings. The number of carbonyl (C=O) groups excluding carboxylic acids is 2. The predicted octanol–water partition coefficient (Wildman–Crippen LogP) is 2.90. The zero-order valence-corrected chi connectivity index (χ0v) is 17.0. The first-order valence-corrected chi connectivity index (χ1v) is 10.1. The number of hydrogen-bond acceptors (Lipinski definition) is 5. The standard InChI is InChI=1S/C22H26N4O4/c1-15-8-11-25(12-9-15)20-6-5-18(26(29)30)14-19(20)22(28)24-10-7-16-3-2-4-17(13-16)21(23)27/h2-6,13-15H,7-12H2,1H3,(H2,23,27)(H,24,28). The fraction of sp³-hybridized carbons (Fsp3) is 0.364. The molecular weight excluding hydrogens is 384 g/mol. The van der Waals surface area contributed by atoms with Crippen molar-refractivity contribution in [1.82, 2.24) is 5.32 Å². The van der Waals surface area contributed by atoms with Crippen LogP contribution in [0.4, 0.5) is 11.4 Å². The number of non-ortho nitro benzene ring substituents is 1. The summed E-state index contributed by atoms with van der Waals surface area (Å²) in [6, 6.07) is 11.4. The monoisotopic (exact) mass is 410 g/mol. The molecular formula is C22H26N4O4. The van der Waals surface area contributed by atoms with Crippen LogP contribution in [-0.4, -0.2) is 36.4 Å². The number of piperidine rings is 1. The normalized spacial score (nSPS) is 14.4. The lowest BCUT2D eigenvalue weighted by Gasteiger charge is -2.33. The zero-order valence-electron chi connectivity index (χ0n) is 17.0. The summed E-state index contributed by atoms with van der Waals surface area (Å²) in [7, 11) is 0. The number of primary amides is 1. The minimum Gasteiger partial charge on any atom is -0.371 e. The van der Waals surface area contributed by atoms with E-state index in [2.05, 4.69) is 17.1 Å². The molecule has 0 saturated carbocycles. The summed E-state index contributed by atoms with van der Waals surface area (Å²) < 4.78 is 0. The number of nitrogens with two attached hydrogens (primary N) is 1. The van der Waals surface area contributed by atoms with Gasteiger partial charge in [-0.3, -0.25) is 19.7 Å². The van der Waals surface area contributed by atoms with Gasteiger partial charge in [-0.05, 0) is 48.9 Å². The van der Waals surface area contributed by atoms with Crippen molar-refractivity contribution in [1.29, 1.82) is 0 Å². The third-order valence-electron chi connectivity index (χ3n) is 5.47. The van der Waals surface area contributed by atoms with E-state index in [0.29, 0.717) is 30.0 Å². The SMILES string of the molecule is CC1CCN(c2ccc([N+](=O)[O-])cc2C(=O)NCCc2cccc(C(N)=O)c2)CC1. The van der Waals surface area contributed by atoms with Crippen molar-refractivity contribution in [3.8, 4) is 0 Å². The molecule has 0 spiro atoms. The molecule has 2 aromatic rings. The first-order valence-electron chi connectivity index (χ1n) is 10.1. The minimum atomic E-state index is -0.502. The summed E-state index contributed by atoms with van der Waals surface area (Å²) in [5, 5.41) is 14.1. The Balaban J connectivity index is 1.73. The van der Waals surface area contributed by atoms with Crippen LogP contribution in [0.15, 0.2) is 42.5 Å². The van der Waals surface area contributed by atoms with Crippen molar-refractivity contribution in [2.24, 2.45) is 11.7 Å². The Hall–Kier alpha value is -3.42. The second-order valence-electron chi connectivity index (χ2n) is 7.70. The molecule has 2 aromatic carbocycles. The lowest BCUT2D eigenvalue weighted by Crippen LogP contribution is -2.35. The van der Waals surface area contributed by atoms with E-state index in [1.807, 2.05) is 6.07 Å². The van der Waals surface area contributed by atoms with Crippen molar-refractivity contribution < 1.29 is 14.5 Å². The van der Waals surface area contributed by atoms with Gasteiger partial charge >= 0.3 is 0 Å². The smallest absolute Gasteiger partial charge is 0.270 e. The summed E-state index contributed by atoms with van der Waals surface area (Å²) in [5.74, 6) is -0.218. The van der Waals surface area contributed by atoms with Crippen LogP contribution >= 0.6 is 0 Å². The molecule has 8 heteroatoms. The van der Waals surface area contributed by atoms with Crippen molar-refractivity contribution >= 4 is 23.2 Å². The predicted molar refractivity (Wildman–Crippen MR) is 115 cm³/mol. The minimum absolute atomic E-state index is 0.108. The summed E-state index contributed by atoms with van der Waals surface area (Å²) >= 11 is 0. The number of nitro benzene ring substituents is 1. The molecule has 3 N–H and O–H groups in total. The molecule has 30 heavy (non-hydrogen) atoms. The maximum atomic E-state index is 12.9. The van der Waals surface area contributed by atoms with Crippen LogP contribution in [0.25, 0.3) is 0 Å². The summed E-state index contributed by atoms with van der Waals surface area (Å²) in [4.78, 5) is 37.0. The van der Waals surface area contributed by atoms with Crippen LogP contribution < -0.4 is 16.0 Å². The van der Waals surface area contributed by atoms with Gasteiger partial charge in [0.2, 0.25) is 5.91 Å². The first-order chi connectivity index (χ1) is 14.3. The lowest BCUT2D eigenvalue weighted by molar-refractivity contribution is -0.384. The highest BCUT2D eigenvalue weighted by molar-refractivity contribution is 6.00. The summed E-state index contributed by atoms with van der Waals surface area (Å²) in [6.45, 7) is 4.17. The quantitative estimate of drug-likeness (QED) is 0.537. The van der Waals surface area contributed by atoms with E-state index in [9.17, 15) is 19.7 Å². The van der Waals surface area contributed by atoms with E-state index in [1.165, 1.54) is 12.1 Å². The molecule has 0 aliphatic carbocycles. The van der Waals surface area contributed by atoms with E-state index in [4.69, 9.17) is 5.73 Å². The Bertz CT molecular complexity index is 952. The third kappa shape index (κ3) is 5.14. The molecule has 0 aromatic heterocycles. The second-order valence-corrected chi connectivity index (χ2v) is 7.70. The summed E-state index contributed by atoms with van der Waals surface area (Å²) in [5.41, 5.74) is 7.51. The zero-order chi connectivity index (χ0) is 21.7. The third-order valence-corrected chi connectivity index (χ3v) is 5.47. The maximum Gasteiger partial charge on any atom is 0.270 e. The fourth-order valence-electron chi connectivity index (χ4n) is 3.64. The van der Waals surface area contributed by atoms with Gasteiger partial charge in [-0.15, -0.1) is 0 Å². The van der Waals surface area contributed by atoms with Crippen LogP contribution in [0.3, 0.4) is 0 Å². The highest BCUT2D eigenvalue weighted by Crippen LogP contribution is 2.29. The number of hydrogen-bond donors (Lipinski definition) is 2. The largest absolute Gasteiger partial charge is 0.371 e. The van der Waals surface area contributed by atoms with Gasteiger partial charge < -0.3 is 16.0 Å². The molecule has 1 saturated heterocycles. The van der Waals surface area contributed by atoms with Crippen LogP contribution in [0.1, 0.15) is 46.0 Å². The van der Waals surface area contributed by atoms with Crippen molar-refractivity contribution in [3.63, 3.8) is 0 Å². The topological polar surface area (TPSA) is 119 Å². The van der Waals surface area contributed by atoms with Gasteiger partial charge in [0.1, 0.15) is 0 Å². The molecule has 1 aliphatic heterocycles. The number of carbonyl (C=O) groups is 2. The molecule has 0 bridgehead atoms. The van der Waals surface area contributed by atoms with Gasteiger partial charge in [-0.25, -0.2) is 0 Å².